The summed E-state index contributed by atoms with van der Waals surface area (Å²) in [7, 11) is -3.46. The van der Waals surface area contributed by atoms with Gasteiger partial charge < -0.3 is 16.0 Å². The molecule has 1 aliphatic heterocycles. The van der Waals surface area contributed by atoms with Crippen molar-refractivity contribution in [2.24, 2.45) is 5.73 Å². The smallest absolute Gasteiger partial charge is 0.241 e. The van der Waals surface area contributed by atoms with Crippen LogP contribution in [0.5, 0.6) is 0 Å². The van der Waals surface area contributed by atoms with Crippen molar-refractivity contribution in [3.8, 4) is 0 Å². The quantitative estimate of drug-likeness (QED) is 0.263. The van der Waals surface area contributed by atoms with E-state index in [1.807, 2.05) is 0 Å². The number of nitrogens with two attached hydrogens (primary N) is 1. The molecule has 0 aromatic carbocycles. The lowest BCUT2D eigenvalue weighted by Crippen LogP contribution is -2.44. The van der Waals surface area contributed by atoms with E-state index >= 15 is 0 Å². The molecule has 2 amide bonds. The van der Waals surface area contributed by atoms with Crippen molar-refractivity contribution in [2.45, 2.75) is 12.5 Å². The summed E-state index contributed by atoms with van der Waals surface area (Å²) in [4.78, 5) is 29.8. The molecule has 1 heterocycles. The van der Waals surface area contributed by atoms with E-state index in [2.05, 4.69) is 22.1 Å². The van der Waals surface area contributed by atoms with Crippen LogP contribution in [-0.2, 0) is 24.4 Å². The molecule has 1 aliphatic rings. The number of sulfonamides is 1. The number of amides is 2. The van der Waals surface area contributed by atoms with Gasteiger partial charge in [0.05, 0.1) is 19.4 Å². The van der Waals surface area contributed by atoms with Crippen LogP contribution < -0.4 is 21.3 Å². The van der Waals surface area contributed by atoms with E-state index in [4.69, 9.17) is 10.6 Å². The highest BCUT2D eigenvalue weighted by atomic mass is 32.2. The Kier molecular flexibility index (Phi) is 6.59. The van der Waals surface area contributed by atoms with Gasteiger partial charge in [0.25, 0.3) is 0 Å². The van der Waals surface area contributed by atoms with Gasteiger partial charge in [-0.3, -0.25) is 19.9 Å². The van der Waals surface area contributed by atoms with Crippen molar-refractivity contribution in [1.29, 1.82) is 0 Å². The molecule has 0 spiro atoms. The van der Waals surface area contributed by atoms with Crippen LogP contribution in [-0.4, -0.2) is 63.7 Å². The van der Waals surface area contributed by atoms with E-state index in [1.165, 1.54) is 4.90 Å². The van der Waals surface area contributed by atoms with Gasteiger partial charge in [-0.15, -0.1) is 0 Å². The molecule has 0 radical (unpaired) electrons. The first-order valence-corrected chi connectivity index (χ1v) is 8.43. The minimum absolute atomic E-state index is 0.127. The van der Waals surface area contributed by atoms with Crippen molar-refractivity contribution in [3.63, 3.8) is 0 Å². The Hall–Kier alpha value is -1.85. The van der Waals surface area contributed by atoms with Gasteiger partial charge in [0.1, 0.15) is 11.9 Å². The number of nitrogens with zero attached hydrogens (tertiary/aromatic N) is 1. The van der Waals surface area contributed by atoms with Crippen molar-refractivity contribution in [1.82, 2.24) is 20.4 Å². The van der Waals surface area contributed by atoms with Crippen LogP contribution >= 0.6 is 0 Å². The fourth-order valence-electron chi connectivity index (χ4n) is 1.88. The van der Waals surface area contributed by atoms with Gasteiger partial charge in [-0.2, -0.15) is 0 Å². The normalized spacial score (nSPS) is 18.3. The monoisotopic (exact) mass is 335 g/mol. The maximum Gasteiger partial charge on any atom is 0.241 e. The average Bonchev–Trinajstić information content (AvgIpc) is 2.69. The van der Waals surface area contributed by atoms with Gasteiger partial charge in [0.2, 0.25) is 21.8 Å². The summed E-state index contributed by atoms with van der Waals surface area (Å²) in [5, 5.41) is 2.56. The van der Waals surface area contributed by atoms with E-state index in [-0.39, 0.29) is 31.4 Å². The minimum atomic E-state index is -3.46. The van der Waals surface area contributed by atoms with E-state index < -0.39 is 22.0 Å². The van der Waals surface area contributed by atoms with Crippen molar-refractivity contribution in [3.05, 3.63) is 12.4 Å². The fraction of sp³-hybridized carbons (Fsp3) is 0.636. The molecule has 0 bridgehead atoms. The molecule has 0 aromatic rings. The van der Waals surface area contributed by atoms with Gasteiger partial charge in [-0.05, 0) is 6.42 Å². The topological polar surface area (TPSA) is 143 Å². The van der Waals surface area contributed by atoms with Gasteiger partial charge in [-0.1, -0.05) is 6.58 Å². The second-order valence-electron chi connectivity index (χ2n) is 4.82. The number of nitrogens with one attached hydrogen (secondary N) is 3. The lowest BCUT2D eigenvalue weighted by molar-refractivity contribution is -0.134. The van der Waals surface area contributed by atoms with Crippen LogP contribution in [0.25, 0.3) is 0 Å². The zero-order chi connectivity index (χ0) is 16.8. The van der Waals surface area contributed by atoms with Gasteiger partial charge >= 0.3 is 0 Å². The summed E-state index contributed by atoms with van der Waals surface area (Å²) < 4.78 is 24.5. The maximum atomic E-state index is 11.9. The number of rotatable bonds is 9. The molecule has 10 nitrogen and oxygen atoms in total. The number of carbonyl (C=O) groups excluding carboxylic acids is 2. The minimum Gasteiger partial charge on any atom is -0.384 e. The lowest BCUT2D eigenvalue weighted by atomic mass is 10.3. The summed E-state index contributed by atoms with van der Waals surface area (Å²) in [6, 6.07) is -0.800. The van der Waals surface area contributed by atoms with Gasteiger partial charge in [0, 0.05) is 13.1 Å². The van der Waals surface area contributed by atoms with E-state index in [1.54, 1.807) is 0 Å². The third-order valence-corrected chi connectivity index (χ3v) is 3.43. The molecule has 1 atom stereocenters. The van der Waals surface area contributed by atoms with Crippen LogP contribution in [0.2, 0.25) is 0 Å². The van der Waals surface area contributed by atoms with Crippen LogP contribution in [0, 0.1) is 0 Å². The zero-order valence-corrected chi connectivity index (χ0v) is 13.1. The molecular formula is C11H21N5O5S. The average molecular weight is 335 g/mol. The molecule has 126 valence electrons. The Morgan fingerprint density at radius 3 is 2.82 bits per heavy atom. The highest BCUT2D eigenvalue weighted by molar-refractivity contribution is 7.88. The Morgan fingerprint density at radius 2 is 2.23 bits per heavy atom. The van der Waals surface area contributed by atoms with Crippen LogP contribution in [0.3, 0.4) is 0 Å². The molecule has 1 fully saturated rings. The molecule has 0 aromatic heterocycles. The number of hydrogen-bond donors (Lipinski definition) is 4. The Morgan fingerprint density at radius 1 is 1.55 bits per heavy atom. The highest BCUT2D eigenvalue weighted by Crippen LogP contribution is 2.11. The van der Waals surface area contributed by atoms with Crippen LogP contribution in [0.15, 0.2) is 12.4 Å². The molecular weight excluding hydrogens is 314 g/mol. The molecule has 0 saturated carbocycles. The third-order valence-electron chi connectivity index (χ3n) is 2.72. The number of carbonyl (C=O) groups is 2. The first kappa shape index (κ1) is 18.2. The maximum absolute atomic E-state index is 11.9. The van der Waals surface area contributed by atoms with Crippen molar-refractivity contribution < 1.29 is 22.8 Å². The molecule has 11 heteroatoms. The Labute approximate surface area is 129 Å². The predicted molar refractivity (Wildman–Crippen MR) is 78.4 cm³/mol. The summed E-state index contributed by atoms with van der Waals surface area (Å²) in [6.45, 7) is 3.96. The Balaban J connectivity index is 2.28. The van der Waals surface area contributed by atoms with Crippen molar-refractivity contribution >= 4 is 21.8 Å². The van der Waals surface area contributed by atoms with Crippen molar-refractivity contribution in [2.75, 3.05) is 32.5 Å². The van der Waals surface area contributed by atoms with Crippen LogP contribution in [0.1, 0.15) is 6.42 Å². The van der Waals surface area contributed by atoms with Gasteiger partial charge in [0.15, 0.2) is 0 Å². The second-order valence-corrected chi connectivity index (χ2v) is 6.60. The number of hydroxylamine groups is 1. The third kappa shape index (κ3) is 6.74. The summed E-state index contributed by atoms with van der Waals surface area (Å²) in [6.07, 6.45) is 1.32. The second kappa shape index (κ2) is 7.96. The lowest BCUT2D eigenvalue weighted by Gasteiger charge is -2.16. The summed E-state index contributed by atoms with van der Waals surface area (Å²) in [5.41, 5.74) is 7.53. The standard InChI is InChI=1S/C11H21N5O5S/c1-8(12)14-21-6-4-13-10(17)7-16-5-3-9(11(16)18)15-22(2,19)20/h9,14-15H,1,3-7,12H2,2H3,(H,13,17)/t9-/m0/s1. The van der Waals surface area contributed by atoms with Gasteiger partial charge in [-0.25, -0.2) is 13.1 Å². The molecule has 5 N–H and O–H groups in total. The SMILES string of the molecule is C=C(N)NOCCNC(=O)CN1CC[C@H](NS(C)(=O)=O)C1=O. The number of hydrogen-bond acceptors (Lipinski definition) is 7. The Bertz CT molecular complexity index is 535. The first-order valence-electron chi connectivity index (χ1n) is 6.54. The number of likely N-dealkylation sites (tertiary alicyclic amines) is 1. The summed E-state index contributed by atoms with van der Waals surface area (Å²) in [5.74, 6) is -0.611. The van der Waals surface area contributed by atoms with Crippen LogP contribution in [0.4, 0.5) is 0 Å². The van der Waals surface area contributed by atoms with E-state index in [0.29, 0.717) is 13.0 Å². The molecule has 22 heavy (non-hydrogen) atoms. The molecule has 0 aliphatic carbocycles. The van der Waals surface area contributed by atoms with E-state index in [0.717, 1.165) is 6.26 Å². The summed E-state index contributed by atoms with van der Waals surface area (Å²) >= 11 is 0. The first-order chi connectivity index (χ1) is 10.2. The highest BCUT2D eigenvalue weighted by Gasteiger charge is 2.34. The predicted octanol–water partition coefficient (Wildman–Crippen LogP) is -2.80. The molecule has 1 saturated heterocycles. The molecule has 1 rings (SSSR count). The fourth-order valence-corrected chi connectivity index (χ4v) is 2.61. The molecule has 0 unspecified atom stereocenters. The largest absolute Gasteiger partial charge is 0.384 e. The zero-order valence-electron chi connectivity index (χ0n) is 12.3. The van der Waals surface area contributed by atoms with E-state index in [9.17, 15) is 18.0 Å².